The lowest BCUT2D eigenvalue weighted by molar-refractivity contribution is 0.473. The molecule has 0 aliphatic rings. The highest BCUT2D eigenvalue weighted by Crippen LogP contribution is 2.22. The van der Waals surface area contributed by atoms with E-state index in [1.54, 1.807) is 25.1 Å². The zero-order valence-electron chi connectivity index (χ0n) is 12.1. The number of aromatic nitrogens is 2. The van der Waals surface area contributed by atoms with E-state index in [-0.39, 0.29) is 10.8 Å². The fourth-order valence-electron chi connectivity index (χ4n) is 2.01. The van der Waals surface area contributed by atoms with E-state index in [0.29, 0.717) is 16.7 Å². The van der Waals surface area contributed by atoms with Crippen molar-refractivity contribution in [3.05, 3.63) is 59.8 Å². The van der Waals surface area contributed by atoms with Gasteiger partial charge < -0.3 is 4.18 Å². The first-order valence-corrected chi connectivity index (χ1v) is 8.11. The molecule has 0 N–H and O–H groups in total. The number of nitrogens with zero attached hydrogens (tertiary/aromatic N) is 2. The normalized spacial score (nSPS) is 11.5. The van der Waals surface area contributed by atoms with Gasteiger partial charge in [-0.05, 0) is 38.1 Å². The Kier molecular flexibility index (Phi) is 3.54. The fraction of sp³-hybridized carbons (Fsp3) is 0.125. The molecule has 0 radical (unpaired) electrons. The highest BCUT2D eigenvalue weighted by molar-refractivity contribution is 7.87. The summed E-state index contributed by atoms with van der Waals surface area (Å²) in [5.41, 5.74) is 2.68. The van der Waals surface area contributed by atoms with Gasteiger partial charge in [-0.1, -0.05) is 29.8 Å². The minimum atomic E-state index is -3.92. The van der Waals surface area contributed by atoms with E-state index in [0.717, 1.165) is 5.56 Å². The van der Waals surface area contributed by atoms with E-state index in [9.17, 15) is 8.42 Å². The van der Waals surface area contributed by atoms with E-state index in [1.807, 2.05) is 25.1 Å². The first kappa shape index (κ1) is 14.5. The monoisotopic (exact) mass is 314 g/mol. The highest BCUT2D eigenvalue weighted by Gasteiger charge is 2.19. The molecule has 0 bridgehead atoms. The molecule has 0 saturated carbocycles. The molecule has 112 valence electrons. The molecule has 0 saturated heterocycles. The number of fused-ring (bicyclic) bond motifs is 1. The van der Waals surface area contributed by atoms with Crippen LogP contribution >= 0.6 is 0 Å². The van der Waals surface area contributed by atoms with Crippen molar-refractivity contribution in [3.63, 3.8) is 0 Å². The Bertz CT molecular complexity index is 935. The summed E-state index contributed by atoms with van der Waals surface area (Å²) >= 11 is 0. The van der Waals surface area contributed by atoms with Crippen LogP contribution in [0, 0.1) is 13.8 Å². The van der Waals surface area contributed by atoms with Gasteiger partial charge in [0.25, 0.3) is 5.88 Å². The van der Waals surface area contributed by atoms with E-state index < -0.39 is 10.1 Å². The van der Waals surface area contributed by atoms with Crippen LogP contribution in [0.3, 0.4) is 0 Å². The third-order valence-corrected chi connectivity index (χ3v) is 4.43. The molecule has 0 aliphatic heterocycles. The van der Waals surface area contributed by atoms with Gasteiger partial charge in [0.05, 0.1) is 11.0 Å². The van der Waals surface area contributed by atoms with Gasteiger partial charge in [0, 0.05) is 0 Å². The summed E-state index contributed by atoms with van der Waals surface area (Å²) in [6.07, 6.45) is 0. The van der Waals surface area contributed by atoms with Crippen molar-refractivity contribution >= 4 is 21.2 Å². The highest BCUT2D eigenvalue weighted by atomic mass is 32.2. The summed E-state index contributed by atoms with van der Waals surface area (Å²) in [7, 11) is -3.92. The zero-order chi connectivity index (χ0) is 15.7. The summed E-state index contributed by atoms with van der Waals surface area (Å²) in [6, 6.07) is 13.7. The van der Waals surface area contributed by atoms with E-state index in [4.69, 9.17) is 4.18 Å². The van der Waals surface area contributed by atoms with E-state index in [2.05, 4.69) is 9.97 Å². The molecule has 0 unspecified atom stereocenters. The lowest BCUT2D eigenvalue weighted by Gasteiger charge is -2.09. The van der Waals surface area contributed by atoms with Gasteiger partial charge in [-0.2, -0.15) is 8.42 Å². The summed E-state index contributed by atoms with van der Waals surface area (Å²) in [5.74, 6) is -0.000671. The lowest BCUT2D eigenvalue weighted by Crippen LogP contribution is -2.12. The number of para-hydroxylation sites is 2. The minimum absolute atomic E-state index is 0.000671. The van der Waals surface area contributed by atoms with Crippen molar-refractivity contribution in [1.82, 2.24) is 9.97 Å². The molecule has 2 aromatic carbocycles. The summed E-state index contributed by atoms with van der Waals surface area (Å²) in [4.78, 5) is 8.64. The Hall–Kier alpha value is -2.47. The Morgan fingerprint density at radius 2 is 1.45 bits per heavy atom. The average molecular weight is 314 g/mol. The topological polar surface area (TPSA) is 69.2 Å². The van der Waals surface area contributed by atoms with Gasteiger partial charge in [-0.25, -0.2) is 9.97 Å². The van der Waals surface area contributed by atoms with Gasteiger partial charge in [0.2, 0.25) is 0 Å². The van der Waals surface area contributed by atoms with Crippen molar-refractivity contribution in [3.8, 4) is 5.88 Å². The molecule has 3 aromatic rings. The molecule has 1 aromatic heterocycles. The second kappa shape index (κ2) is 5.38. The van der Waals surface area contributed by atoms with Crippen molar-refractivity contribution in [1.29, 1.82) is 0 Å². The van der Waals surface area contributed by atoms with E-state index in [1.165, 1.54) is 12.1 Å². The van der Waals surface area contributed by atoms with Gasteiger partial charge in [0.15, 0.2) is 0 Å². The average Bonchev–Trinajstić information content (AvgIpc) is 2.48. The Balaban J connectivity index is 2.01. The third kappa shape index (κ3) is 2.78. The van der Waals surface area contributed by atoms with Crippen molar-refractivity contribution in [2.24, 2.45) is 0 Å². The minimum Gasteiger partial charge on any atom is -0.356 e. The molecule has 22 heavy (non-hydrogen) atoms. The van der Waals surface area contributed by atoms with Crippen LogP contribution < -0.4 is 4.18 Å². The maximum atomic E-state index is 12.3. The third-order valence-electron chi connectivity index (χ3n) is 3.20. The molecular weight excluding hydrogens is 300 g/mol. The molecular formula is C16H14N2O3S. The van der Waals surface area contributed by atoms with Crippen LogP contribution in [-0.2, 0) is 10.1 Å². The predicted octanol–water partition coefficient (Wildman–Crippen LogP) is 3.01. The van der Waals surface area contributed by atoms with Crippen LogP contribution in [0.4, 0.5) is 0 Å². The number of benzene rings is 2. The van der Waals surface area contributed by atoms with Crippen molar-refractivity contribution in [2.75, 3.05) is 0 Å². The molecule has 1 heterocycles. The van der Waals surface area contributed by atoms with Crippen LogP contribution in [0.5, 0.6) is 5.88 Å². The number of hydrogen-bond acceptors (Lipinski definition) is 5. The maximum Gasteiger partial charge on any atom is 0.340 e. The molecule has 3 rings (SSSR count). The molecule has 5 nitrogen and oxygen atoms in total. The van der Waals surface area contributed by atoms with Gasteiger partial charge in [-0.3, -0.25) is 0 Å². The molecule has 0 fully saturated rings. The molecule has 0 amide bonds. The van der Waals surface area contributed by atoms with Crippen LogP contribution in [-0.4, -0.2) is 18.4 Å². The lowest BCUT2D eigenvalue weighted by atomic mass is 10.2. The molecule has 0 atom stereocenters. The Morgan fingerprint density at radius 1 is 0.864 bits per heavy atom. The van der Waals surface area contributed by atoms with Gasteiger partial charge in [0.1, 0.15) is 10.6 Å². The van der Waals surface area contributed by atoms with Crippen molar-refractivity contribution in [2.45, 2.75) is 18.7 Å². The molecule has 6 heteroatoms. The standard InChI is InChI=1S/C16H14N2O3S/c1-11-7-9-13(10-8-11)22(19,20)21-16-12(2)17-14-5-3-4-6-15(14)18-16/h3-10H,1-2H3. The quantitative estimate of drug-likeness (QED) is 0.695. The predicted molar refractivity (Wildman–Crippen MR) is 83.3 cm³/mol. The van der Waals surface area contributed by atoms with E-state index >= 15 is 0 Å². The van der Waals surface area contributed by atoms with Crippen LogP contribution in [0.15, 0.2) is 53.4 Å². The first-order chi connectivity index (χ1) is 10.5. The van der Waals surface area contributed by atoms with Crippen LogP contribution in [0.25, 0.3) is 11.0 Å². The van der Waals surface area contributed by atoms with Gasteiger partial charge >= 0.3 is 10.1 Å². The fourth-order valence-corrected chi connectivity index (χ4v) is 2.94. The molecule has 0 spiro atoms. The second-order valence-electron chi connectivity index (χ2n) is 4.95. The number of hydrogen-bond donors (Lipinski definition) is 0. The summed E-state index contributed by atoms with van der Waals surface area (Å²) in [5, 5.41) is 0. The van der Waals surface area contributed by atoms with Crippen LogP contribution in [0.2, 0.25) is 0 Å². The Labute approximate surface area is 128 Å². The summed E-state index contributed by atoms with van der Waals surface area (Å²) < 4.78 is 29.8. The maximum absolute atomic E-state index is 12.3. The smallest absolute Gasteiger partial charge is 0.340 e. The van der Waals surface area contributed by atoms with Crippen molar-refractivity contribution < 1.29 is 12.6 Å². The molecule has 0 aliphatic carbocycles. The number of rotatable bonds is 3. The zero-order valence-corrected chi connectivity index (χ0v) is 13.0. The SMILES string of the molecule is Cc1ccc(S(=O)(=O)Oc2nc3ccccc3nc2C)cc1. The Morgan fingerprint density at radius 3 is 2.09 bits per heavy atom. The number of aryl methyl sites for hydroxylation is 2. The van der Waals surface area contributed by atoms with Crippen LogP contribution in [0.1, 0.15) is 11.3 Å². The van der Waals surface area contributed by atoms with Gasteiger partial charge in [-0.15, -0.1) is 0 Å². The first-order valence-electron chi connectivity index (χ1n) is 6.70. The second-order valence-corrected chi connectivity index (χ2v) is 6.50. The summed E-state index contributed by atoms with van der Waals surface area (Å²) in [6.45, 7) is 3.55. The largest absolute Gasteiger partial charge is 0.356 e.